The van der Waals surface area contributed by atoms with Gasteiger partial charge in [-0.25, -0.2) is 4.79 Å². The predicted molar refractivity (Wildman–Crippen MR) is 80.7 cm³/mol. The van der Waals surface area contributed by atoms with Gasteiger partial charge in [-0.05, 0) is 26.3 Å². The summed E-state index contributed by atoms with van der Waals surface area (Å²) in [6.45, 7) is 4.11. The molecule has 116 valence electrons. The average Bonchev–Trinajstić information content (AvgIpc) is 2.40. The highest BCUT2D eigenvalue weighted by Gasteiger charge is 2.18. The summed E-state index contributed by atoms with van der Waals surface area (Å²) in [7, 11) is 0. The number of nitro groups is 1. The number of aliphatic hydroxyl groups is 1. The maximum absolute atomic E-state index is 12.2. The second-order valence-electron chi connectivity index (χ2n) is 4.72. The number of hydrogen-bond acceptors (Lipinski definition) is 4. The molecule has 2 amide bonds. The van der Waals surface area contributed by atoms with Gasteiger partial charge in [0.1, 0.15) is 0 Å². The van der Waals surface area contributed by atoms with E-state index in [2.05, 4.69) is 5.32 Å². The van der Waals surface area contributed by atoms with Gasteiger partial charge in [0.05, 0.1) is 15.6 Å². The summed E-state index contributed by atoms with van der Waals surface area (Å²) in [6.07, 6.45) is 0.472. The Balaban J connectivity index is 2.83. The number of non-ortho nitro benzene ring substituents is 1. The highest BCUT2D eigenvalue weighted by molar-refractivity contribution is 6.33. The lowest BCUT2D eigenvalue weighted by molar-refractivity contribution is -0.384. The summed E-state index contributed by atoms with van der Waals surface area (Å²) < 4.78 is 0. The number of carbonyl (C=O) groups is 1. The van der Waals surface area contributed by atoms with E-state index in [1.165, 1.54) is 18.2 Å². The number of benzene rings is 1. The van der Waals surface area contributed by atoms with Crippen molar-refractivity contribution in [2.75, 3.05) is 18.5 Å². The Hall–Kier alpha value is -1.86. The molecule has 1 aromatic rings. The zero-order chi connectivity index (χ0) is 16.0. The molecule has 0 aliphatic carbocycles. The minimum Gasteiger partial charge on any atom is -0.396 e. The fraction of sp³-hybridized carbons (Fsp3) is 0.462. The molecule has 0 spiro atoms. The molecular weight excluding hydrogens is 298 g/mol. The number of nitrogens with one attached hydrogen (secondary N) is 1. The van der Waals surface area contributed by atoms with Crippen molar-refractivity contribution in [1.29, 1.82) is 0 Å². The van der Waals surface area contributed by atoms with Crippen LogP contribution in [0.5, 0.6) is 0 Å². The van der Waals surface area contributed by atoms with Crippen molar-refractivity contribution in [3.05, 3.63) is 33.3 Å². The first-order chi connectivity index (χ1) is 9.86. The van der Waals surface area contributed by atoms with Crippen LogP contribution in [0.4, 0.5) is 16.2 Å². The monoisotopic (exact) mass is 315 g/mol. The first-order valence-corrected chi connectivity index (χ1v) is 6.87. The number of anilines is 1. The number of nitrogens with zero attached hydrogens (tertiary/aromatic N) is 2. The predicted octanol–water partition coefficient (Wildman–Crippen LogP) is 2.87. The first kappa shape index (κ1) is 17.2. The number of urea groups is 1. The van der Waals surface area contributed by atoms with E-state index in [-0.39, 0.29) is 29.4 Å². The van der Waals surface area contributed by atoms with Crippen molar-refractivity contribution in [3.8, 4) is 0 Å². The van der Waals surface area contributed by atoms with Gasteiger partial charge < -0.3 is 15.3 Å². The Kier molecular flexibility index (Phi) is 6.39. The van der Waals surface area contributed by atoms with Crippen LogP contribution in [0.25, 0.3) is 0 Å². The van der Waals surface area contributed by atoms with Crippen LogP contribution >= 0.6 is 11.6 Å². The zero-order valence-electron chi connectivity index (χ0n) is 11.9. The molecular formula is C13H18ClN3O4. The summed E-state index contributed by atoms with van der Waals surface area (Å²) in [5.74, 6) is 0. The summed E-state index contributed by atoms with van der Waals surface area (Å²) in [5, 5.41) is 22.2. The molecule has 0 radical (unpaired) electrons. The second kappa shape index (κ2) is 7.80. The van der Waals surface area contributed by atoms with Crippen LogP contribution in [0.2, 0.25) is 5.02 Å². The first-order valence-electron chi connectivity index (χ1n) is 6.49. The molecule has 0 bridgehead atoms. The van der Waals surface area contributed by atoms with E-state index < -0.39 is 4.92 Å². The smallest absolute Gasteiger partial charge is 0.322 e. The minimum atomic E-state index is -0.556. The number of carbonyl (C=O) groups excluding carboxylic acids is 1. The highest BCUT2D eigenvalue weighted by atomic mass is 35.5. The van der Waals surface area contributed by atoms with Gasteiger partial charge >= 0.3 is 6.03 Å². The molecule has 1 aromatic carbocycles. The molecule has 0 fully saturated rings. The van der Waals surface area contributed by atoms with E-state index in [0.29, 0.717) is 18.7 Å². The maximum atomic E-state index is 12.2. The van der Waals surface area contributed by atoms with Crippen molar-refractivity contribution in [1.82, 2.24) is 4.90 Å². The maximum Gasteiger partial charge on any atom is 0.322 e. The van der Waals surface area contributed by atoms with Crippen LogP contribution in [0.1, 0.15) is 20.3 Å². The third-order valence-electron chi connectivity index (χ3n) is 2.85. The van der Waals surface area contributed by atoms with Gasteiger partial charge in [0, 0.05) is 31.3 Å². The van der Waals surface area contributed by atoms with E-state index in [0.717, 1.165) is 0 Å². The zero-order valence-corrected chi connectivity index (χ0v) is 12.6. The topological polar surface area (TPSA) is 95.7 Å². The molecule has 0 aliphatic rings. The lowest BCUT2D eigenvalue weighted by Crippen LogP contribution is -2.41. The Morgan fingerprint density at radius 2 is 2.19 bits per heavy atom. The second-order valence-corrected chi connectivity index (χ2v) is 5.12. The molecule has 0 saturated heterocycles. The quantitative estimate of drug-likeness (QED) is 0.623. The van der Waals surface area contributed by atoms with Crippen LogP contribution < -0.4 is 5.32 Å². The van der Waals surface area contributed by atoms with Crippen LogP contribution in [0.3, 0.4) is 0 Å². The standard InChI is InChI=1S/C13H18ClN3O4/c1-9(2)16(6-3-7-18)13(19)15-12-5-4-10(17(20)21)8-11(12)14/h4-5,8-9,18H,3,6-7H2,1-2H3,(H,15,19). The van der Waals surface area contributed by atoms with Gasteiger partial charge in [-0.2, -0.15) is 0 Å². The summed E-state index contributed by atoms with van der Waals surface area (Å²) >= 11 is 5.93. The highest BCUT2D eigenvalue weighted by Crippen LogP contribution is 2.27. The van der Waals surface area contributed by atoms with Crippen LogP contribution in [0, 0.1) is 10.1 Å². The van der Waals surface area contributed by atoms with Crippen LogP contribution in [-0.2, 0) is 0 Å². The molecule has 0 aliphatic heterocycles. The summed E-state index contributed by atoms with van der Waals surface area (Å²) in [4.78, 5) is 23.8. The third kappa shape index (κ3) is 4.87. The number of halogens is 1. The van der Waals surface area contributed by atoms with Gasteiger partial charge in [-0.3, -0.25) is 10.1 Å². The van der Waals surface area contributed by atoms with E-state index in [1.54, 1.807) is 4.90 Å². The molecule has 21 heavy (non-hydrogen) atoms. The van der Waals surface area contributed by atoms with Gasteiger partial charge in [-0.1, -0.05) is 11.6 Å². The third-order valence-corrected chi connectivity index (χ3v) is 3.16. The van der Waals surface area contributed by atoms with E-state index >= 15 is 0 Å². The van der Waals surface area contributed by atoms with E-state index in [4.69, 9.17) is 16.7 Å². The van der Waals surface area contributed by atoms with Gasteiger partial charge in [-0.15, -0.1) is 0 Å². The van der Waals surface area contributed by atoms with Crippen molar-refractivity contribution in [2.24, 2.45) is 0 Å². The molecule has 0 unspecified atom stereocenters. The molecule has 2 N–H and O–H groups in total. The summed E-state index contributed by atoms with van der Waals surface area (Å²) in [5.41, 5.74) is 0.168. The Morgan fingerprint density at radius 3 is 2.67 bits per heavy atom. The Labute approximate surface area is 127 Å². The van der Waals surface area contributed by atoms with Crippen molar-refractivity contribution in [3.63, 3.8) is 0 Å². The van der Waals surface area contributed by atoms with Crippen LogP contribution in [0.15, 0.2) is 18.2 Å². The number of aliphatic hydroxyl groups excluding tert-OH is 1. The molecule has 0 aromatic heterocycles. The van der Waals surface area contributed by atoms with Crippen LogP contribution in [-0.4, -0.2) is 40.2 Å². The SMILES string of the molecule is CC(C)N(CCCO)C(=O)Nc1ccc([N+](=O)[O-])cc1Cl. The van der Waals surface area contributed by atoms with Crippen molar-refractivity contribution >= 4 is 29.0 Å². The number of rotatable bonds is 6. The lowest BCUT2D eigenvalue weighted by atomic mass is 10.2. The van der Waals surface area contributed by atoms with E-state index in [9.17, 15) is 14.9 Å². The molecule has 0 atom stereocenters. The molecule has 0 heterocycles. The minimum absolute atomic E-state index is 0.00517. The Morgan fingerprint density at radius 1 is 1.52 bits per heavy atom. The number of hydrogen-bond donors (Lipinski definition) is 2. The van der Waals surface area contributed by atoms with Crippen molar-refractivity contribution < 1.29 is 14.8 Å². The molecule has 1 rings (SSSR count). The Bertz CT molecular complexity index is 522. The fourth-order valence-electron chi connectivity index (χ4n) is 1.74. The summed E-state index contributed by atoms with van der Waals surface area (Å²) in [6, 6.07) is 3.44. The number of nitro benzene ring substituents is 1. The van der Waals surface area contributed by atoms with Crippen molar-refractivity contribution in [2.45, 2.75) is 26.3 Å². The molecule has 7 nitrogen and oxygen atoms in total. The largest absolute Gasteiger partial charge is 0.396 e. The number of amides is 2. The van der Waals surface area contributed by atoms with Gasteiger partial charge in [0.15, 0.2) is 0 Å². The van der Waals surface area contributed by atoms with E-state index in [1.807, 2.05) is 13.8 Å². The molecule has 8 heteroatoms. The normalized spacial score (nSPS) is 10.5. The molecule has 0 saturated carbocycles. The van der Waals surface area contributed by atoms with Gasteiger partial charge in [0.25, 0.3) is 5.69 Å². The average molecular weight is 316 g/mol. The van der Waals surface area contributed by atoms with Gasteiger partial charge in [0.2, 0.25) is 0 Å². The lowest BCUT2D eigenvalue weighted by Gasteiger charge is -2.26. The fourth-order valence-corrected chi connectivity index (χ4v) is 1.96.